The monoisotopic (exact) mass is 459 g/mol. The molecule has 9 heteroatoms. The Bertz CT molecular complexity index is 1130. The lowest BCUT2D eigenvalue weighted by atomic mass is 10.1. The van der Waals surface area contributed by atoms with E-state index in [9.17, 15) is 4.79 Å². The number of imidazole rings is 1. The number of primary amides is 1. The molecule has 170 valence electrons. The second-order valence-corrected chi connectivity index (χ2v) is 8.46. The highest BCUT2D eigenvalue weighted by Crippen LogP contribution is 2.32. The molecule has 4 rings (SSSR count). The fourth-order valence-electron chi connectivity index (χ4n) is 4.00. The summed E-state index contributed by atoms with van der Waals surface area (Å²) in [5.41, 5.74) is 7.92. The molecule has 1 saturated heterocycles. The van der Waals surface area contributed by atoms with Crippen molar-refractivity contribution in [3.8, 4) is 0 Å². The highest BCUT2D eigenvalue weighted by molar-refractivity contribution is 6.30. The number of nitrogens with zero attached hydrogens (tertiary/aromatic N) is 3. The van der Waals surface area contributed by atoms with Crippen LogP contribution in [0, 0.1) is 12.7 Å². The Hall–Kier alpha value is -2.68. The maximum Gasteiger partial charge on any atom is 0.251 e. The molecule has 1 fully saturated rings. The lowest BCUT2D eigenvalue weighted by molar-refractivity contribution is 0.0371. The van der Waals surface area contributed by atoms with E-state index < -0.39 is 11.7 Å². The van der Waals surface area contributed by atoms with Crippen LogP contribution in [0.5, 0.6) is 0 Å². The summed E-state index contributed by atoms with van der Waals surface area (Å²) in [6.07, 6.45) is 3.55. The van der Waals surface area contributed by atoms with Gasteiger partial charge in [-0.25, -0.2) is 9.37 Å². The van der Waals surface area contributed by atoms with Crippen LogP contribution >= 0.6 is 11.6 Å². The SMILES string of the molecule is Cc1cc(Cl)ccc1Nc1c(C(N)=O)cc2c(ncn2CCCCN2CCOCC2)c1F. The third-order valence-electron chi connectivity index (χ3n) is 5.80. The van der Waals surface area contributed by atoms with E-state index in [1.807, 2.05) is 11.5 Å². The molecule has 1 aliphatic heterocycles. The Labute approximate surface area is 191 Å². The predicted octanol–water partition coefficient (Wildman–Crippen LogP) is 4.09. The molecule has 1 amide bonds. The topological polar surface area (TPSA) is 85.4 Å². The Morgan fingerprint density at radius 2 is 2.00 bits per heavy atom. The summed E-state index contributed by atoms with van der Waals surface area (Å²) in [4.78, 5) is 18.8. The molecule has 0 aliphatic carbocycles. The fourth-order valence-corrected chi connectivity index (χ4v) is 4.22. The van der Waals surface area contributed by atoms with Gasteiger partial charge in [-0.15, -0.1) is 0 Å². The van der Waals surface area contributed by atoms with Crippen molar-refractivity contribution in [3.63, 3.8) is 0 Å². The van der Waals surface area contributed by atoms with Crippen LogP contribution in [0.2, 0.25) is 5.02 Å². The Kier molecular flexibility index (Phi) is 6.93. The number of carbonyl (C=O) groups is 1. The van der Waals surface area contributed by atoms with E-state index in [0.717, 1.165) is 51.3 Å². The molecule has 0 atom stereocenters. The number of carbonyl (C=O) groups excluding carboxylic acids is 1. The van der Waals surface area contributed by atoms with E-state index in [1.165, 1.54) is 0 Å². The zero-order valence-corrected chi connectivity index (χ0v) is 18.8. The highest BCUT2D eigenvalue weighted by atomic mass is 35.5. The number of unbranched alkanes of at least 4 members (excludes halogenated alkanes) is 1. The number of nitrogens with two attached hydrogens (primary N) is 1. The van der Waals surface area contributed by atoms with E-state index in [0.29, 0.717) is 22.8 Å². The van der Waals surface area contributed by atoms with Crippen molar-refractivity contribution in [2.75, 3.05) is 38.2 Å². The lowest BCUT2D eigenvalue weighted by Gasteiger charge is -2.26. The van der Waals surface area contributed by atoms with E-state index in [1.54, 1.807) is 30.6 Å². The third kappa shape index (κ3) is 4.87. The van der Waals surface area contributed by atoms with Crippen molar-refractivity contribution in [3.05, 3.63) is 52.6 Å². The summed E-state index contributed by atoms with van der Waals surface area (Å²) < 4.78 is 22.7. The standard InChI is InChI=1S/C23H27ClFN5O2/c1-15-12-16(24)4-5-18(15)28-21-17(23(26)31)13-19-22(20(21)25)27-14-30(19)7-3-2-6-29-8-10-32-11-9-29/h4-5,12-14,28H,2-3,6-11H2,1H3,(H2,26,31). The number of halogens is 2. The first-order valence-electron chi connectivity index (χ1n) is 10.7. The average Bonchev–Trinajstić information content (AvgIpc) is 3.18. The van der Waals surface area contributed by atoms with Gasteiger partial charge in [-0.2, -0.15) is 0 Å². The quantitative estimate of drug-likeness (QED) is 0.495. The van der Waals surface area contributed by atoms with Crippen LogP contribution < -0.4 is 11.1 Å². The zero-order chi connectivity index (χ0) is 22.7. The molecule has 7 nitrogen and oxygen atoms in total. The Morgan fingerprint density at radius 1 is 1.25 bits per heavy atom. The number of anilines is 2. The minimum Gasteiger partial charge on any atom is -0.379 e. The van der Waals surface area contributed by atoms with Gasteiger partial charge in [0.05, 0.1) is 36.3 Å². The number of ether oxygens (including phenoxy) is 1. The van der Waals surface area contributed by atoms with Gasteiger partial charge in [0.1, 0.15) is 5.52 Å². The zero-order valence-electron chi connectivity index (χ0n) is 18.0. The molecule has 3 aromatic rings. The van der Waals surface area contributed by atoms with Gasteiger partial charge in [-0.1, -0.05) is 11.6 Å². The predicted molar refractivity (Wildman–Crippen MR) is 124 cm³/mol. The first kappa shape index (κ1) is 22.5. The smallest absolute Gasteiger partial charge is 0.251 e. The van der Waals surface area contributed by atoms with E-state index in [4.69, 9.17) is 22.1 Å². The van der Waals surface area contributed by atoms with Crippen LogP contribution in [0.1, 0.15) is 28.8 Å². The molecule has 2 heterocycles. The number of morpholine rings is 1. The number of nitrogens with one attached hydrogen (secondary N) is 1. The van der Waals surface area contributed by atoms with Crippen molar-refractivity contribution in [1.29, 1.82) is 0 Å². The number of benzene rings is 2. The summed E-state index contributed by atoms with van der Waals surface area (Å²) in [5.74, 6) is -1.31. The van der Waals surface area contributed by atoms with E-state index in [2.05, 4.69) is 15.2 Å². The second-order valence-electron chi connectivity index (χ2n) is 8.03. The summed E-state index contributed by atoms with van der Waals surface area (Å²) in [6.45, 7) is 7.03. The van der Waals surface area contributed by atoms with Crippen molar-refractivity contribution in [2.24, 2.45) is 5.73 Å². The molecule has 3 N–H and O–H groups in total. The molecule has 1 aliphatic rings. The van der Waals surface area contributed by atoms with Crippen molar-refractivity contribution >= 4 is 39.9 Å². The molecule has 0 radical (unpaired) electrons. The van der Waals surface area contributed by atoms with Crippen LogP contribution in [0.15, 0.2) is 30.6 Å². The minimum absolute atomic E-state index is 0.0213. The van der Waals surface area contributed by atoms with Crippen molar-refractivity contribution in [2.45, 2.75) is 26.3 Å². The van der Waals surface area contributed by atoms with Gasteiger partial charge in [-0.3, -0.25) is 9.69 Å². The van der Waals surface area contributed by atoms with Gasteiger partial charge in [0, 0.05) is 30.3 Å². The molecule has 2 aromatic carbocycles. The average molecular weight is 460 g/mol. The molecular weight excluding hydrogens is 433 g/mol. The summed E-state index contributed by atoms with van der Waals surface area (Å²) >= 11 is 6.01. The van der Waals surface area contributed by atoms with Crippen LogP contribution in [0.3, 0.4) is 0 Å². The van der Waals surface area contributed by atoms with Gasteiger partial charge in [0.15, 0.2) is 5.82 Å². The Balaban J connectivity index is 1.55. The van der Waals surface area contributed by atoms with Crippen LogP contribution in [-0.2, 0) is 11.3 Å². The number of fused-ring (bicyclic) bond motifs is 1. The van der Waals surface area contributed by atoms with Gasteiger partial charge in [-0.05, 0) is 56.1 Å². The number of rotatable bonds is 8. The Morgan fingerprint density at radius 3 is 2.72 bits per heavy atom. The molecule has 1 aromatic heterocycles. The van der Waals surface area contributed by atoms with Crippen molar-refractivity contribution < 1.29 is 13.9 Å². The maximum absolute atomic E-state index is 15.4. The molecule has 0 unspecified atom stereocenters. The fraction of sp³-hybridized carbons (Fsp3) is 0.391. The highest BCUT2D eigenvalue weighted by Gasteiger charge is 2.21. The van der Waals surface area contributed by atoms with Crippen LogP contribution in [0.4, 0.5) is 15.8 Å². The second kappa shape index (κ2) is 9.85. The molecule has 32 heavy (non-hydrogen) atoms. The summed E-state index contributed by atoms with van der Waals surface area (Å²) in [6, 6.07) is 6.81. The normalized spacial score (nSPS) is 14.7. The number of amides is 1. The minimum atomic E-state index is -0.708. The van der Waals surface area contributed by atoms with Gasteiger partial charge in [0.25, 0.3) is 5.91 Å². The number of hydrogen-bond acceptors (Lipinski definition) is 5. The lowest BCUT2D eigenvalue weighted by Crippen LogP contribution is -2.36. The first-order valence-corrected chi connectivity index (χ1v) is 11.1. The van der Waals surface area contributed by atoms with E-state index in [-0.39, 0.29) is 16.8 Å². The number of hydrogen-bond donors (Lipinski definition) is 2. The van der Waals surface area contributed by atoms with Crippen LogP contribution in [-0.4, -0.2) is 53.2 Å². The molecule has 0 bridgehead atoms. The van der Waals surface area contributed by atoms with E-state index >= 15 is 4.39 Å². The first-order chi connectivity index (χ1) is 15.4. The van der Waals surface area contributed by atoms with Gasteiger partial charge < -0.3 is 20.4 Å². The largest absolute Gasteiger partial charge is 0.379 e. The van der Waals surface area contributed by atoms with Gasteiger partial charge >= 0.3 is 0 Å². The number of aromatic nitrogens is 2. The summed E-state index contributed by atoms with van der Waals surface area (Å²) in [7, 11) is 0. The third-order valence-corrected chi connectivity index (χ3v) is 6.03. The molecular formula is C23H27ClFN5O2. The maximum atomic E-state index is 15.4. The van der Waals surface area contributed by atoms with Crippen molar-refractivity contribution in [1.82, 2.24) is 14.5 Å². The summed E-state index contributed by atoms with van der Waals surface area (Å²) in [5, 5.41) is 3.58. The molecule has 0 saturated carbocycles. The van der Waals surface area contributed by atoms with Gasteiger partial charge in [0.2, 0.25) is 0 Å². The number of aryl methyl sites for hydroxylation is 2. The molecule has 0 spiro atoms. The van der Waals surface area contributed by atoms with Crippen LogP contribution in [0.25, 0.3) is 11.0 Å².